The fourth-order valence-corrected chi connectivity index (χ4v) is 1.75. The molecule has 2 aromatic rings. The van der Waals surface area contributed by atoms with E-state index < -0.39 is 0 Å². The van der Waals surface area contributed by atoms with Gasteiger partial charge in [0.25, 0.3) is 0 Å². The Labute approximate surface area is 124 Å². The molecule has 2 rings (SSSR count). The van der Waals surface area contributed by atoms with Gasteiger partial charge in [-0.15, -0.1) is 0 Å². The molecule has 1 atom stereocenters. The Kier molecular flexibility index (Phi) is 5.36. The van der Waals surface area contributed by atoms with Crippen molar-refractivity contribution in [1.29, 1.82) is 0 Å². The lowest BCUT2D eigenvalue weighted by molar-refractivity contribution is 0.239. The number of pyridine rings is 1. The summed E-state index contributed by atoms with van der Waals surface area (Å²) in [7, 11) is 0. The van der Waals surface area contributed by atoms with Crippen molar-refractivity contribution in [2.75, 3.05) is 6.54 Å². The van der Waals surface area contributed by atoms with E-state index in [1.807, 2.05) is 55.5 Å². The lowest BCUT2D eigenvalue weighted by Crippen LogP contribution is -2.37. The third-order valence-corrected chi connectivity index (χ3v) is 2.82. The molecule has 4 nitrogen and oxygen atoms in total. The first-order valence-electron chi connectivity index (χ1n) is 6.75. The summed E-state index contributed by atoms with van der Waals surface area (Å²) in [4.78, 5) is 15.9. The molecule has 0 spiro atoms. The summed E-state index contributed by atoms with van der Waals surface area (Å²) in [5, 5.41) is 5.52. The van der Waals surface area contributed by atoms with Gasteiger partial charge in [-0.1, -0.05) is 36.1 Å². The molecule has 1 aromatic carbocycles. The molecule has 4 heteroatoms. The summed E-state index contributed by atoms with van der Waals surface area (Å²) in [5.41, 5.74) is 1.75. The molecule has 2 N–H and O–H groups in total. The predicted molar refractivity (Wildman–Crippen MR) is 82.5 cm³/mol. The van der Waals surface area contributed by atoms with Crippen LogP contribution in [0, 0.1) is 11.8 Å². The maximum Gasteiger partial charge on any atom is 0.316 e. The molecule has 0 saturated heterocycles. The van der Waals surface area contributed by atoms with Crippen LogP contribution in [0.25, 0.3) is 0 Å². The van der Waals surface area contributed by atoms with E-state index in [0.29, 0.717) is 6.54 Å². The van der Waals surface area contributed by atoms with Gasteiger partial charge in [0.15, 0.2) is 0 Å². The number of rotatable bonds is 3. The van der Waals surface area contributed by atoms with Gasteiger partial charge >= 0.3 is 6.03 Å². The standard InChI is InChI=1S/C17H17N3O/c1-14(16-11-5-6-12-18-16)20-17(21)19-13-7-10-15-8-3-2-4-9-15/h2-6,8-9,11-12,14H,13H2,1H3,(H2,19,20,21)/t14-/m1/s1. The summed E-state index contributed by atoms with van der Waals surface area (Å²) < 4.78 is 0. The fourth-order valence-electron chi connectivity index (χ4n) is 1.75. The second-order valence-electron chi connectivity index (χ2n) is 4.47. The van der Waals surface area contributed by atoms with Crippen molar-refractivity contribution in [3.8, 4) is 11.8 Å². The topological polar surface area (TPSA) is 54.0 Å². The Balaban J connectivity index is 1.77. The minimum absolute atomic E-state index is 0.145. The van der Waals surface area contributed by atoms with Crippen LogP contribution in [0.15, 0.2) is 54.7 Å². The van der Waals surface area contributed by atoms with Crippen molar-refractivity contribution >= 4 is 6.03 Å². The molecule has 0 radical (unpaired) electrons. The van der Waals surface area contributed by atoms with Crippen molar-refractivity contribution in [3.63, 3.8) is 0 Å². The predicted octanol–water partition coefficient (Wildman–Crippen LogP) is 2.49. The van der Waals surface area contributed by atoms with Crippen LogP contribution in [-0.4, -0.2) is 17.6 Å². The highest BCUT2D eigenvalue weighted by molar-refractivity contribution is 5.74. The number of nitrogens with zero attached hydrogens (tertiary/aromatic N) is 1. The zero-order valence-corrected chi connectivity index (χ0v) is 11.8. The van der Waals surface area contributed by atoms with Gasteiger partial charge in [-0.05, 0) is 31.2 Å². The SMILES string of the molecule is C[C@@H](NC(=O)NCC#Cc1ccccc1)c1ccccn1. The van der Waals surface area contributed by atoms with E-state index in [1.54, 1.807) is 6.20 Å². The molecule has 0 fully saturated rings. The number of carbonyl (C=O) groups is 1. The lowest BCUT2D eigenvalue weighted by Gasteiger charge is -2.12. The second kappa shape index (κ2) is 7.71. The molecule has 0 aliphatic carbocycles. The number of hydrogen-bond donors (Lipinski definition) is 2. The highest BCUT2D eigenvalue weighted by atomic mass is 16.2. The van der Waals surface area contributed by atoms with Crippen LogP contribution in [0.1, 0.15) is 24.2 Å². The van der Waals surface area contributed by atoms with Crippen LogP contribution < -0.4 is 10.6 Å². The smallest absolute Gasteiger partial charge is 0.316 e. The maximum absolute atomic E-state index is 11.7. The molecule has 1 heterocycles. The van der Waals surface area contributed by atoms with Gasteiger partial charge in [-0.2, -0.15) is 0 Å². The first-order chi connectivity index (χ1) is 10.3. The Morgan fingerprint density at radius 3 is 2.67 bits per heavy atom. The van der Waals surface area contributed by atoms with E-state index in [9.17, 15) is 4.79 Å². The number of amides is 2. The number of hydrogen-bond acceptors (Lipinski definition) is 2. The largest absolute Gasteiger partial charge is 0.330 e. The summed E-state index contributed by atoms with van der Waals surface area (Å²) >= 11 is 0. The van der Waals surface area contributed by atoms with Crippen molar-refractivity contribution in [2.45, 2.75) is 13.0 Å². The Morgan fingerprint density at radius 1 is 1.19 bits per heavy atom. The van der Waals surface area contributed by atoms with Gasteiger partial charge in [0.1, 0.15) is 0 Å². The number of urea groups is 1. The third kappa shape index (κ3) is 5.00. The van der Waals surface area contributed by atoms with Gasteiger partial charge < -0.3 is 10.6 Å². The second-order valence-corrected chi connectivity index (χ2v) is 4.47. The number of benzene rings is 1. The number of aromatic nitrogens is 1. The quantitative estimate of drug-likeness (QED) is 0.848. The van der Waals surface area contributed by atoms with Gasteiger partial charge in [0, 0.05) is 11.8 Å². The van der Waals surface area contributed by atoms with Crippen LogP contribution in [0.4, 0.5) is 4.79 Å². The monoisotopic (exact) mass is 279 g/mol. The van der Waals surface area contributed by atoms with Crippen LogP contribution in [0.3, 0.4) is 0 Å². The molecule has 0 bridgehead atoms. The minimum Gasteiger partial charge on any atom is -0.330 e. The van der Waals surface area contributed by atoms with Crippen molar-refractivity contribution in [1.82, 2.24) is 15.6 Å². The molecule has 106 valence electrons. The summed E-state index contributed by atoms with van der Waals surface area (Å²) in [6.07, 6.45) is 1.71. The van der Waals surface area contributed by atoms with Crippen LogP contribution in [0.2, 0.25) is 0 Å². The number of carbonyl (C=O) groups excluding carboxylic acids is 1. The van der Waals surface area contributed by atoms with Gasteiger partial charge in [-0.25, -0.2) is 4.79 Å². The maximum atomic E-state index is 11.7. The molecule has 21 heavy (non-hydrogen) atoms. The molecule has 2 amide bonds. The van der Waals surface area contributed by atoms with Crippen molar-refractivity contribution in [3.05, 3.63) is 66.0 Å². The molecule has 0 saturated carbocycles. The molecular weight excluding hydrogens is 262 g/mol. The van der Waals surface area contributed by atoms with Crippen LogP contribution in [0.5, 0.6) is 0 Å². The first kappa shape index (κ1) is 14.6. The lowest BCUT2D eigenvalue weighted by atomic mass is 10.2. The minimum atomic E-state index is -0.254. The van der Waals surface area contributed by atoms with E-state index in [2.05, 4.69) is 27.5 Å². The first-order valence-corrected chi connectivity index (χ1v) is 6.75. The molecular formula is C17H17N3O. The van der Waals surface area contributed by atoms with Crippen molar-refractivity contribution in [2.24, 2.45) is 0 Å². The zero-order valence-electron chi connectivity index (χ0n) is 11.8. The molecule has 0 aliphatic rings. The molecule has 1 aromatic heterocycles. The van der Waals surface area contributed by atoms with E-state index in [-0.39, 0.29) is 12.1 Å². The molecule has 0 unspecified atom stereocenters. The summed E-state index contributed by atoms with van der Waals surface area (Å²) in [5.74, 6) is 5.89. The third-order valence-electron chi connectivity index (χ3n) is 2.82. The van der Waals surface area contributed by atoms with Crippen LogP contribution >= 0.6 is 0 Å². The number of nitrogens with one attached hydrogen (secondary N) is 2. The Morgan fingerprint density at radius 2 is 1.95 bits per heavy atom. The average Bonchev–Trinajstić information content (AvgIpc) is 2.53. The highest BCUT2D eigenvalue weighted by Crippen LogP contribution is 2.06. The average molecular weight is 279 g/mol. The summed E-state index contributed by atoms with van der Waals surface area (Å²) in [6, 6.07) is 14.9. The Hall–Kier alpha value is -2.80. The van der Waals surface area contributed by atoms with E-state index in [0.717, 1.165) is 11.3 Å². The van der Waals surface area contributed by atoms with Crippen molar-refractivity contribution < 1.29 is 4.79 Å². The van der Waals surface area contributed by atoms with Gasteiger partial charge in [0.05, 0.1) is 18.3 Å². The zero-order chi connectivity index (χ0) is 14.9. The normalized spacial score (nSPS) is 10.9. The van der Waals surface area contributed by atoms with E-state index in [1.165, 1.54) is 0 Å². The fraction of sp³-hybridized carbons (Fsp3) is 0.176. The van der Waals surface area contributed by atoms with Gasteiger partial charge in [-0.3, -0.25) is 4.98 Å². The summed E-state index contributed by atoms with van der Waals surface area (Å²) in [6.45, 7) is 2.19. The van der Waals surface area contributed by atoms with E-state index in [4.69, 9.17) is 0 Å². The van der Waals surface area contributed by atoms with Crippen LogP contribution in [-0.2, 0) is 0 Å². The highest BCUT2D eigenvalue weighted by Gasteiger charge is 2.08. The van der Waals surface area contributed by atoms with Gasteiger partial charge in [0.2, 0.25) is 0 Å². The molecule has 0 aliphatic heterocycles. The van der Waals surface area contributed by atoms with E-state index >= 15 is 0 Å². The Bertz CT molecular complexity index is 629.